The number of nitrogens with zero attached hydrogens (tertiary/aromatic N) is 4. The Morgan fingerprint density at radius 1 is 0.321 bits per heavy atom. The molecule has 264 valence electrons. The molecule has 10 aromatic rings. The lowest BCUT2D eigenvalue weighted by molar-refractivity contribution is 1.07. The Hall–Kier alpha value is -7.21. The van der Waals surface area contributed by atoms with E-state index in [1.165, 1.54) is 36.9 Å². The van der Waals surface area contributed by atoms with Crippen LogP contribution in [-0.4, -0.2) is 15.0 Å². The van der Waals surface area contributed by atoms with Crippen molar-refractivity contribution in [3.8, 4) is 56.4 Å². The number of thiophene rings is 1. The highest BCUT2D eigenvalue weighted by Gasteiger charge is 2.19. The second kappa shape index (κ2) is 14.6. The first-order chi connectivity index (χ1) is 27.7. The van der Waals surface area contributed by atoms with Crippen molar-refractivity contribution in [1.82, 2.24) is 15.0 Å². The zero-order chi connectivity index (χ0) is 37.3. The molecule has 0 bridgehead atoms. The number of hydrogen-bond acceptors (Lipinski definition) is 5. The maximum absolute atomic E-state index is 4.99. The third-order valence-corrected chi connectivity index (χ3v) is 11.2. The fourth-order valence-corrected chi connectivity index (χ4v) is 8.56. The molecular weight excluding hydrogens is 701 g/mol. The Morgan fingerprint density at radius 3 is 1.34 bits per heavy atom. The number of fused-ring (bicyclic) bond motifs is 3. The third kappa shape index (κ3) is 6.40. The smallest absolute Gasteiger partial charge is 0.164 e. The Labute approximate surface area is 329 Å². The van der Waals surface area contributed by atoms with Gasteiger partial charge in [-0.2, -0.15) is 0 Å². The van der Waals surface area contributed by atoms with Crippen LogP contribution in [0.3, 0.4) is 0 Å². The van der Waals surface area contributed by atoms with E-state index in [0.29, 0.717) is 17.5 Å². The molecule has 0 saturated carbocycles. The second-order valence-electron chi connectivity index (χ2n) is 13.7. The summed E-state index contributed by atoms with van der Waals surface area (Å²) in [5.74, 6) is 1.93. The normalized spacial score (nSPS) is 11.2. The number of para-hydroxylation sites is 1. The third-order valence-electron chi connectivity index (χ3n) is 10.1. The molecule has 0 amide bonds. The molecule has 5 heteroatoms. The van der Waals surface area contributed by atoms with Crippen LogP contribution in [0.1, 0.15) is 0 Å². The first kappa shape index (κ1) is 33.4. The molecule has 2 aromatic heterocycles. The highest BCUT2D eigenvalue weighted by atomic mass is 32.1. The Kier molecular flexibility index (Phi) is 8.67. The highest BCUT2D eigenvalue weighted by molar-refractivity contribution is 7.26. The van der Waals surface area contributed by atoms with Crippen LogP contribution in [0.5, 0.6) is 0 Å². The predicted octanol–water partition coefficient (Wildman–Crippen LogP) is 14.0. The van der Waals surface area contributed by atoms with Crippen molar-refractivity contribution in [2.24, 2.45) is 0 Å². The number of benzene rings is 8. The summed E-state index contributed by atoms with van der Waals surface area (Å²) in [5.41, 5.74) is 10.8. The summed E-state index contributed by atoms with van der Waals surface area (Å²) >= 11 is 1.84. The van der Waals surface area contributed by atoms with Gasteiger partial charge in [0.1, 0.15) is 0 Å². The van der Waals surface area contributed by atoms with Crippen LogP contribution < -0.4 is 4.90 Å². The molecule has 0 radical (unpaired) electrons. The molecule has 0 fully saturated rings. The SMILES string of the molecule is c1ccc(-c2ccc(N(c3ccccc3)c3cc(-c4ccc(-c5nc(-c6ccccc6)nc(-c6ccccc6)n5)cc4)c4c(c3)sc3ccccc34)cc2)cc1. The Morgan fingerprint density at radius 2 is 0.750 bits per heavy atom. The fourth-order valence-electron chi connectivity index (χ4n) is 7.39. The second-order valence-corrected chi connectivity index (χ2v) is 14.7. The van der Waals surface area contributed by atoms with Gasteiger partial charge in [0.05, 0.1) is 0 Å². The van der Waals surface area contributed by atoms with Crippen molar-refractivity contribution in [2.45, 2.75) is 0 Å². The zero-order valence-electron chi connectivity index (χ0n) is 30.3. The molecule has 0 atom stereocenters. The number of anilines is 3. The van der Waals surface area contributed by atoms with Crippen molar-refractivity contribution in [3.05, 3.63) is 206 Å². The Balaban J connectivity index is 1.11. The molecule has 0 unspecified atom stereocenters. The maximum atomic E-state index is 4.99. The van der Waals surface area contributed by atoms with Gasteiger partial charge in [-0.25, -0.2) is 15.0 Å². The van der Waals surface area contributed by atoms with Crippen molar-refractivity contribution >= 4 is 48.6 Å². The first-order valence-electron chi connectivity index (χ1n) is 18.7. The molecule has 0 aliphatic rings. The number of rotatable bonds is 8. The van der Waals surface area contributed by atoms with E-state index in [4.69, 9.17) is 15.0 Å². The lowest BCUT2D eigenvalue weighted by atomic mass is 9.97. The van der Waals surface area contributed by atoms with Gasteiger partial charge in [-0.15, -0.1) is 11.3 Å². The van der Waals surface area contributed by atoms with E-state index in [1.54, 1.807) is 0 Å². The van der Waals surface area contributed by atoms with Gasteiger partial charge in [-0.1, -0.05) is 164 Å². The van der Waals surface area contributed by atoms with Crippen LogP contribution >= 0.6 is 11.3 Å². The quantitative estimate of drug-likeness (QED) is 0.156. The lowest BCUT2D eigenvalue weighted by Gasteiger charge is -2.26. The minimum absolute atomic E-state index is 0.637. The van der Waals surface area contributed by atoms with Gasteiger partial charge >= 0.3 is 0 Å². The van der Waals surface area contributed by atoms with Gasteiger partial charge in [-0.3, -0.25) is 0 Å². The molecule has 10 rings (SSSR count). The van der Waals surface area contributed by atoms with Gasteiger partial charge in [-0.05, 0) is 64.7 Å². The molecule has 2 heterocycles. The Bertz CT molecular complexity index is 2870. The van der Waals surface area contributed by atoms with Crippen molar-refractivity contribution in [2.75, 3.05) is 4.90 Å². The van der Waals surface area contributed by atoms with Gasteiger partial charge < -0.3 is 4.90 Å². The first-order valence-corrected chi connectivity index (χ1v) is 19.5. The minimum Gasteiger partial charge on any atom is -0.310 e. The molecule has 56 heavy (non-hydrogen) atoms. The lowest BCUT2D eigenvalue weighted by Crippen LogP contribution is -2.10. The summed E-state index contributed by atoms with van der Waals surface area (Å²) in [6.07, 6.45) is 0. The zero-order valence-corrected chi connectivity index (χ0v) is 31.1. The topological polar surface area (TPSA) is 41.9 Å². The van der Waals surface area contributed by atoms with E-state index in [1.807, 2.05) is 72.0 Å². The van der Waals surface area contributed by atoms with E-state index >= 15 is 0 Å². The predicted molar refractivity (Wildman–Crippen MR) is 235 cm³/mol. The van der Waals surface area contributed by atoms with Crippen molar-refractivity contribution in [1.29, 1.82) is 0 Å². The van der Waals surface area contributed by atoms with Gasteiger partial charge in [0.25, 0.3) is 0 Å². The van der Waals surface area contributed by atoms with Crippen LogP contribution in [-0.2, 0) is 0 Å². The summed E-state index contributed by atoms with van der Waals surface area (Å²) in [6, 6.07) is 72.3. The fraction of sp³-hybridized carbons (Fsp3) is 0. The van der Waals surface area contributed by atoms with Gasteiger partial charge in [0, 0.05) is 53.9 Å². The average Bonchev–Trinajstić information content (AvgIpc) is 3.66. The summed E-state index contributed by atoms with van der Waals surface area (Å²) in [5, 5.41) is 2.52. The molecular formula is C51H34N4S. The van der Waals surface area contributed by atoms with Gasteiger partial charge in [0.2, 0.25) is 0 Å². The monoisotopic (exact) mass is 734 g/mol. The standard InChI is InChI=1S/C51H34N4S/c1-5-15-35(16-6-1)36-29-31-42(32-30-36)55(41-21-11-4-12-22-41)43-33-45(48-44-23-13-14-24-46(44)56-47(48)34-43)37-25-27-40(28-26-37)51-53-49(38-17-7-2-8-18-38)52-50(54-51)39-19-9-3-10-20-39/h1-34H. The number of aromatic nitrogens is 3. The van der Waals surface area contributed by atoms with E-state index in [-0.39, 0.29) is 0 Å². The van der Waals surface area contributed by atoms with Crippen LogP contribution in [0, 0.1) is 0 Å². The molecule has 0 aliphatic heterocycles. The molecule has 8 aromatic carbocycles. The molecule has 0 spiro atoms. The summed E-state index contributed by atoms with van der Waals surface area (Å²) in [7, 11) is 0. The number of hydrogen-bond donors (Lipinski definition) is 0. The van der Waals surface area contributed by atoms with Gasteiger partial charge in [0.15, 0.2) is 17.5 Å². The molecule has 0 aliphatic carbocycles. The van der Waals surface area contributed by atoms with Crippen LogP contribution in [0.2, 0.25) is 0 Å². The van der Waals surface area contributed by atoms with E-state index in [9.17, 15) is 0 Å². The van der Waals surface area contributed by atoms with E-state index in [0.717, 1.165) is 39.3 Å². The van der Waals surface area contributed by atoms with Crippen LogP contribution in [0.4, 0.5) is 17.1 Å². The minimum atomic E-state index is 0.637. The van der Waals surface area contributed by atoms with E-state index < -0.39 is 0 Å². The summed E-state index contributed by atoms with van der Waals surface area (Å²) < 4.78 is 2.50. The molecule has 0 N–H and O–H groups in total. The average molecular weight is 735 g/mol. The van der Waals surface area contributed by atoms with Crippen molar-refractivity contribution < 1.29 is 0 Å². The van der Waals surface area contributed by atoms with E-state index in [2.05, 4.69) is 150 Å². The maximum Gasteiger partial charge on any atom is 0.164 e. The highest BCUT2D eigenvalue weighted by Crippen LogP contribution is 2.46. The van der Waals surface area contributed by atoms with Crippen LogP contribution in [0.15, 0.2) is 206 Å². The molecule has 0 saturated heterocycles. The summed E-state index contributed by atoms with van der Waals surface area (Å²) in [4.78, 5) is 17.2. The molecule has 4 nitrogen and oxygen atoms in total. The van der Waals surface area contributed by atoms with Crippen LogP contribution in [0.25, 0.3) is 76.6 Å². The largest absolute Gasteiger partial charge is 0.310 e. The van der Waals surface area contributed by atoms with Crippen molar-refractivity contribution in [3.63, 3.8) is 0 Å². The summed E-state index contributed by atoms with van der Waals surface area (Å²) in [6.45, 7) is 0.